The highest BCUT2D eigenvalue weighted by atomic mass is 28.3. The zero-order valence-electron chi connectivity index (χ0n) is 19.9. The average Bonchev–Trinajstić information content (AvgIpc) is 2.74. The Morgan fingerprint density at radius 3 is 2.39 bits per heavy atom. The van der Waals surface area contributed by atoms with Crippen molar-refractivity contribution in [3.05, 3.63) is 53.1 Å². The van der Waals surface area contributed by atoms with Crippen molar-refractivity contribution in [1.29, 1.82) is 0 Å². The summed E-state index contributed by atoms with van der Waals surface area (Å²) in [6, 6.07) is 6.84. The Labute approximate surface area is 195 Å². The standard InChI is InChI=1S/C25H32F2N2O3Si/c1-6-7-8-22(30)29-12-11-16-13-18(32-2)9-10-19(16)23(29)25(31)28-17-14-20(26)24(21(27)15-17)33(3,4)5/h9-10,13-15,23H,6-8,11-12H2,1-5H3,(H,28,31)/t23-/m1/s1. The van der Waals surface area contributed by atoms with Crippen LogP contribution in [0.5, 0.6) is 5.75 Å². The third-order valence-electron chi connectivity index (χ3n) is 5.95. The minimum Gasteiger partial charge on any atom is -0.497 e. The van der Waals surface area contributed by atoms with Crippen molar-refractivity contribution < 1.29 is 23.1 Å². The second-order valence-corrected chi connectivity index (χ2v) is 14.5. The Morgan fingerprint density at radius 1 is 1.15 bits per heavy atom. The normalized spacial score (nSPS) is 15.7. The van der Waals surface area contributed by atoms with E-state index in [-0.39, 0.29) is 16.8 Å². The summed E-state index contributed by atoms with van der Waals surface area (Å²) in [7, 11) is -0.668. The lowest BCUT2D eigenvalue weighted by Crippen LogP contribution is -2.45. The molecular weight excluding hydrogens is 442 g/mol. The van der Waals surface area contributed by atoms with E-state index >= 15 is 0 Å². The molecule has 2 aromatic carbocycles. The number of halogens is 2. The van der Waals surface area contributed by atoms with Crippen molar-refractivity contribution in [3.63, 3.8) is 0 Å². The van der Waals surface area contributed by atoms with Crippen LogP contribution in [0.25, 0.3) is 0 Å². The topological polar surface area (TPSA) is 58.6 Å². The van der Waals surface area contributed by atoms with Gasteiger partial charge in [0.25, 0.3) is 5.91 Å². The Morgan fingerprint density at radius 2 is 1.82 bits per heavy atom. The number of carbonyl (C=O) groups is 2. The Hall–Kier alpha value is -2.74. The molecule has 1 aliphatic rings. The molecule has 0 unspecified atom stereocenters. The molecule has 2 aromatic rings. The van der Waals surface area contributed by atoms with Crippen LogP contribution in [-0.2, 0) is 16.0 Å². The first-order valence-corrected chi connectivity index (χ1v) is 14.8. The largest absolute Gasteiger partial charge is 0.497 e. The fraction of sp³-hybridized carbons (Fsp3) is 0.440. The number of carbonyl (C=O) groups excluding carboxylic acids is 2. The number of nitrogens with zero attached hydrogens (tertiary/aromatic N) is 1. The fourth-order valence-corrected chi connectivity index (χ4v) is 5.90. The van der Waals surface area contributed by atoms with Crippen molar-refractivity contribution in [2.24, 2.45) is 0 Å². The van der Waals surface area contributed by atoms with Gasteiger partial charge in [-0.1, -0.05) is 39.1 Å². The van der Waals surface area contributed by atoms with Crippen LogP contribution in [0.2, 0.25) is 19.6 Å². The summed E-state index contributed by atoms with van der Waals surface area (Å²) in [4.78, 5) is 27.9. The molecule has 0 aliphatic carbocycles. The number of benzene rings is 2. The molecule has 1 aliphatic heterocycles. The van der Waals surface area contributed by atoms with Gasteiger partial charge < -0.3 is 15.0 Å². The van der Waals surface area contributed by atoms with E-state index in [0.29, 0.717) is 30.7 Å². The number of methoxy groups -OCH3 is 1. The summed E-state index contributed by atoms with van der Waals surface area (Å²) in [6.45, 7) is 7.97. The van der Waals surface area contributed by atoms with E-state index in [4.69, 9.17) is 4.74 Å². The van der Waals surface area contributed by atoms with Crippen LogP contribution in [0.1, 0.15) is 43.4 Å². The van der Waals surface area contributed by atoms with Crippen LogP contribution in [0.4, 0.5) is 14.5 Å². The van der Waals surface area contributed by atoms with Gasteiger partial charge in [-0.2, -0.15) is 0 Å². The van der Waals surface area contributed by atoms with E-state index in [0.717, 1.165) is 30.5 Å². The van der Waals surface area contributed by atoms with Crippen LogP contribution in [0.3, 0.4) is 0 Å². The zero-order chi connectivity index (χ0) is 24.3. The molecule has 0 spiro atoms. The Bertz CT molecular complexity index is 1030. The van der Waals surface area contributed by atoms with E-state index in [9.17, 15) is 18.4 Å². The van der Waals surface area contributed by atoms with Gasteiger partial charge in [0.15, 0.2) is 0 Å². The number of hydrogen-bond donors (Lipinski definition) is 1. The quantitative estimate of drug-likeness (QED) is 0.588. The summed E-state index contributed by atoms with van der Waals surface area (Å²) in [5.41, 5.74) is 1.66. The lowest BCUT2D eigenvalue weighted by Gasteiger charge is -2.36. The molecule has 0 aromatic heterocycles. The van der Waals surface area contributed by atoms with E-state index in [1.807, 2.05) is 32.6 Å². The van der Waals surface area contributed by atoms with Crippen molar-refractivity contribution in [3.8, 4) is 5.75 Å². The SMILES string of the molecule is CCCCC(=O)N1CCc2cc(OC)ccc2[C@@H]1C(=O)Nc1cc(F)c([Si](C)(C)C)c(F)c1. The minimum atomic E-state index is -2.24. The molecule has 33 heavy (non-hydrogen) atoms. The molecule has 8 heteroatoms. The lowest BCUT2D eigenvalue weighted by molar-refractivity contribution is -0.139. The predicted octanol–water partition coefficient (Wildman–Crippen LogP) is 4.77. The molecule has 1 heterocycles. The molecule has 2 amide bonds. The molecular formula is C25H32F2N2O3Si. The second-order valence-electron chi connectivity index (χ2n) is 9.46. The smallest absolute Gasteiger partial charge is 0.251 e. The second kappa shape index (κ2) is 10.0. The van der Waals surface area contributed by atoms with Gasteiger partial charge in [0.05, 0.1) is 15.2 Å². The third kappa shape index (κ3) is 5.43. The van der Waals surface area contributed by atoms with Crippen LogP contribution >= 0.6 is 0 Å². The lowest BCUT2D eigenvalue weighted by atomic mass is 9.91. The highest BCUT2D eigenvalue weighted by Gasteiger charge is 2.36. The predicted molar refractivity (Wildman–Crippen MR) is 129 cm³/mol. The number of hydrogen-bond acceptors (Lipinski definition) is 3. The number of amides is 2. The summed E-state index contributed by atoms with van der Waals surface area (Å²) in [5.74, 6) is -1.25. The first-order valence-electron chi connectivity index (χ1n) is 11.3. The Balaban J connectivity index is 1.96. The minimum absolute atomic E-state index is 0.0404. The molecule has 0 fully saturated rings. The van der Waals surface area contributed by atoms with Gasteiger partial charge >= 0.3 is 0 Å². The first-order chi connectivity index (χ1) is 15.6. The molecule has 0 radical (unpaired) electrons. The highest BCUT2D eigenvalue weighted by molar-refractivity contribution is 6.88. The summed E-state index contributed by atoms with van der Waals surface area (Å²) in [5, 5.41) is 2.76. The van der Waals surface area contributed by atoms with E-state index in [1.54, 1.807) is 24.1 Å². The number of fused-ring (bicyclic) bond motifs is 1. The van der Waals surface area contributed by atoms with Gasteiger partial charge in [-0.15, -0.1) is 0 Å². The maximum atomic E-state index is 14.7. The third-order valence-corrected chi connectivity index (χ3v) is 7.93. The van der Waals surface area contributed by atoms with Crippen LogP contribution in [-0.4, -0.2) is 38.4 Å². The molecule has 5 nitrogen and oxygen atoms in total. The number of unbranched alkanes of at least 4 members (excludes halogenated alkanes) is 1. The highest BCUT2D eigenvalue weighted by Crippen LogP contribution is 2.34. The van der Waals surface area contributed by atoms with E-state index in [2.05, 4.69) is 5.32 Å². The number of ether oxygens (including phenoxy) is 1. The summed E-state index contributed by atoms with van der Waals surface area (Å²) >= 11 is 0. The van der Waals surface area contributed by atoms with Crippen molar-refractivity contribution in [2.75, 3.05) is 19.0 Å². The van der Waals surface area contributed by atoms with Gasteiger partial charge in [0.1, 0.15) is 23.4 Å². The Kier molecular flexibility index (Phi) is 7.57. The van der Waals surface area contributed by atoms with Gasteiger partial charge in [-0.3, -0.25) is 9.59 Å². The van der Waals surface area contributed by atoms with Crippen molar-refractivity contribution in [2.45, 2.75) is 58.3 Å². The van der Waals surface area contributed by atoms with E-state index < -0.39 is 31.7 Å². The van der Waals surface area contributed by atoms with Gasteiger partial charge in [0.2, 0.25) is 5.91 Å². The van der Waals surface area contributed by atoms with Crippen LogP contribution < -0.4 is 15.2 Å². The average molecular weight is 475 g/mol. The maximum absolute atomic E-state index is 14.7. The van der Waals surface area contributed by atoms with Crippen molar-refractivity contribution in [1.82, 2.24) is 4.90 Å². The molecule has 178 valence electrons. The van der Waals surface area contributed by atoms with Gasteiger partial charge in [0, 0.05) is 23.8 Å². The van der Waals surface area contributed by atoms with Crippen LogP contribution in [0.15, 0.2) is 30.3 Å². The molecule has 1 atom stereocenters. The monoisotopic (exact) mass is 474 g/mol. The zero-order valence-corrected chi connectivity index (χ0v) is 20.9. The number of rotatable bonds is 7. The van der Waals surface area contributed by atoms with Crippen molar-refractivity contribution >= 4 is 30.8 Å². The first kappa shape index (κ1) is 24.9. The molecule has 0 saturated carbocycles. The summed E-state index contributed by atoms with van der Waals surface area (Å²) < 4.78 is 34.8. The van der Waals surface area contributed by atoms with E-state index in [1.165, 1.54) is 0 Å². The number of nitrogens with one attached hydrogen (secondary N) is 1. The number of anilines is 1. The molecule has 3 rings (SSSR count). The van der Waals surface area contributed by atoms with Gasteiger partial charge in [-0.05, 0) is 48.2 Å². The van der Waals surface area contributed by atoms with Crippen LogP contribution in [0, 0.1) is 11.6 Å². The van der Waals surface area contributed by atoms with Gasteiger partial charge in [-0.25, -0.2) is 8.78 Å². The maximum Gasteiger partial charge on any atom is 0.251 e. The molecule has 0 bridgehead atoms. The molecule has 1 N–H and O–H groups in total. The molecule has 0 saturated heterocycles. The summed E-state index contributed by atoms with van der Waals surface area (Å²) in [6.07, 6.45) is 2.54. The fourth-order valence-electron chi connectivity index (χ4n) is 4.33.